The van der Waals surface area contributed by atoms with Crippen LogP contribution < -0.4 is 5.32 Å². The molecule has 28 heavy (non-hydrogen) atoms. The second-order valence-electron chi connectivity index (χ2n) is 6.60. The molecule has 1 fully saturated rings. The van der Waals surface area contributed by atoms with Gasteiger partial charge in [-0.25, -0.2) is 8.42 Å². The SMILES string of the molecule is Cc1ccc(NC(=O)c2cc3ccccc3s2)cc1S(=O)(=O)N1CCOCC1. The molecule has 0 atom stereocenters. The topological polar surface area (TPSA) is 75.7 Å². The number of fused-ring (bicyclic) bond motifs is 1. The Balaban J connectivity index is 1.60. The zero-order valence-electron chi connectivity index (χ0n) is 15.3. The molecule has 8 heteroatoms. The smallest absolute Gasteiger partial charge is 0.265 e. The number of benzene rings is 2. The van der Waals surface area contributed by atoms with E-state index in [1.54, 1.807) is 19.1 Å². The van der Waals surface area contributed by atoms with Crippen LogP contribution >= 0.6 is 11.3 Å². The fraction of sp³-hybridized carbons (Fsp3) is 0.250. The van der Waals surface area contributed by atoms with Gasteiger partial charge in [0.05, 0.1) is 23.0 Å². The van der Waals surface area contributed by atoms with E-state index in [0.29, 0.717) is 42.4 Å². The van der Waals surface area contributed by atoms with Crippen molar-refractivity contribution >= 4 is 43.0 Å². The van der Waals surface area contributed by atoms with Gasteiger partial charge in [0.25, 0.3) is 5.91 Å². The highest BCUT2D eigenvalue weighted by Gasteiger charge is 2.28. The quantitative estimate of drug-likeness (QED) is 0.707. The number of sulfonamides is 1. The molecule has 2 heterocycles. The minimum absolute atomic E-state index is 0.212. The Morgan fingerprint density at radius 3 is 2.61 bits per heavy atom. The average Bonchev–Trinajstić information content (AvgIpc) is 3.14. The van der Waals surface area contributed by atoms with Crippen molar-refractivity contribution < 1.29 is 17.9 Å². The van der Waals surface area contributed by atoms with Crippen LogP contribution in [-0.2, 0) is 14.8 Å². The van der Waals surface area contributed by atoms with Gasteiger partial charge >= 0.3 is 0 Å². The highest BCUT2D eigenvalue weighted by molar-refractivity contribution is 7.89. The van der Waals surface area contributed by atoms with E-state index in [1.807, 2.05) is 30.3 Å². The van der Waals surface area contributed by atoms with Crippen LogP contribution in [0.25, 0.3) is 10.1 Å². The highest BCUT2D eigenvalue weighted by atomic mass is 32.2. The molecule has 0 saturated carbocycles. The van der Waals surface area contributed by atoms with Crippen LogP contribution in [0.5, 0.6) is 0 Å². The molecule has 0 unspecified atom stereocenters. The van der Waals surface area contributed by atoms with Gasteiger partial charge in [0.15, 0.2) is 0 Å². The standard InChI is InChI=1S/C20H20N2O4S2/c1-14-6-7-16(13-19(14)28(24,25)22-8-10-26-11-9-22)21-20(23)18-12-15-4-2-3-5-17(15)27-18/h2-7,12-13H,8-11H2,1H3,(H,21,23). The second kappa shape index (κ2) is 7.63. The summed E-state index contributed by atoms with van der Waals surface area (Å²) < 4.78 is 33.7. The fourth-order valence-corrected chi connectivity index (χ4v) is 5.79. The number of rotatable bonds is 4. The van der Waals surface area contributed by atoms with Gasteiger partial charge in [0.1, 0.15) is 0 Å². The van der Waals surface area contributed by atoms with Crippen molar-refractivity contribution in [2.45, 2.75) is 11.8 Å². The van der Waals surface area contributed by atoms with Crippen molar-refractivity contribution in [3.63, 3.8) is 0 Å². The van der Waals surface area contributed by atoms with Crippen LogP contribution in [-0.4, -0.2) is 44.9 Å². The number of carbonyl (C=O) groups excluding carboxylic acids is 1. The van der Waals surface area contributed by atoms with Crippen LogP contribution in [0, 0.1) is 6.92 Å². The maximum Gasteiger partial charge on any atom is 0.265 e. The Kier molecular flexibility index (Phi) is 5.20. The molecule has 1 N–H and O–H groups in total. The van der Waals surface area contributed by atoms with Gasteiger partial charge in [-0.05, 0) is 42.1 Å². The van der Waals surface area contributed by atoms with Crippen molar-refractivity contribution in [1.29, 1.82) is 0 Å². The molecule has 1 amide bonds. The summed E-state index contributed by atoms with van der Waals surface area (Å²) in [5.74, 6) is -0.250. The number of nitrogens with one attached hydrogen (secondary N) is 1. The Bertz CT molecular complexity index is 1100. The van der Waals surface area contributed by atoms with Gasteiger partial charge in [0, 0.05) is 23.5 Å². The van der Waals surface area contributed by atoms with Crippen LogP contribution in [0.15, 0.2) is 53.4 Å². The molecular weight excluding hydrogens is 396 g/mol. The van der Waals surface area contributed by atoms with E-state index in [0.717, 1.165) is 10.1 Å². The summed E-state index contributed by atoms with van der Waals surface area (Å²) in [5, 5.41) is 3.84. The van der Waals surface area contributed by atoms with E-state index in [1.165, 1.54) is 21.7 Å². The summed E-state index contributed by atoms with van der Waals surface area (Å²) in [6.07, 6.45) is 0. The zero-order valence-corrected chi connectivity index (χ0v) is 17.0. The molecule has 146 valence electrons. The number of nitrogens with zero attached hydrogens (tertiary/aromatic N) is 1. The third-order valence-electron chi connectivity index (χ3n) is 4.68. The molecule has 4 rings (SSSR count). The molecule has 0 spiro atoms. The molecular formula is C20H20N2O4S2. The normalized spacial score (nSPS) is 15.6. The van der Waals surface area contributed by atoms with Gasteiger partial charge in [0.2, 0.25) is 10.0 Å². The predicted molar refractivity (Wildman–Crippen MR) is 111 cm³/mol. The number of hydrogen-bond donors (Lipinski definition) is 1. The Hall–Kier alpha value is -2.26. The maximum absolute atomic E-state index is 13.0. The highest BCUT2D eigenvalue weighted by Crippen LogP contribution is 2.28. The first-order chi connectivity index (χ1) is 13.4. The Morgan fingerprint density at radius 1 is 1.11 bits per heavy atom. The Labute approximate surface area is 167 Å². The van der Waals surface area contributed by atoms with E-state index < -0.39 is 10.0 Å². The summed E-state index contributed by atoms with van der Waals surface area (Å²) in [4.78, 5) is 13.4. The summed E-state index contributed by atoms with van der Waals surface area (Å²) in [6.45, 7) is 3.20. The second-order valence-corrected chi connectivity index (χ2v) is 9.59. The van der Waals surface area contributed by atoms with Gasteiger partial charge in [-0.3, -0.25) is 4.79 Å². The van der Waals surface area contributed by atoms with E-state index >= 15 is 0 Å². The van der Waals surface area contributed by atoms with Gasteiger partial charge < -0.3 is 10.1 Å². The number of carbonyl (C=O) groups is 1. The fourth-order valence-electron chi connectivity index (χ4n) is 3.17. The largest absolute Gasteiger partial charge is 0.379 e. The molecule has 1 aliphatic heterocycles. The molecule has 1 saturated heterocycles. The molecule has 2 aromatic carbocycles. The molecule has 0 aliphatic carbocycles. The van der Waals surface area contributed by atoms with Crippen molar-refractivity contribution in [3.8, 4) is 0 Å². The summed E-state index contributed by atoms with van der Waals surface area (Å²) in [5.41, 5.74) is 1.10. The predicted octanol–water partition coefficient (Wildman–Crippen LogP) is 3.48. The van der Waals surface area contributed by atoms with Crippen molar-refractivity contribution in [1.82, 2.24) is 4.31 Å². The molecule has 1 aromatic heterocycles. The summed E-state index contributed by atoms with van der Waals surface area (Å²) in [7, 11) is -3.63. The monoisotopic (exact) mass is 416 g/mol. The van der Waals surface area contributed by atoms with E-state index in [9.17, 15) is 13.2 Å². The lowest BCUT2D eigenvalue weighted by molar-refractivity contribution is 0.0730. The lowest BCUT2D eigenvalue weighted by atomic mass is 10.2. The maximum atomic E-state index is 13.0. The van der Waals surface area contributed by atoms with Gasteiger partial charge in [-0.1, -0.05) is 24.3 Å². The molecule has 6 nitrogen and oxygen atoms in total. The van der Waals surface area contributed by atoms with Crippen LogP contribution in [0.4, 0.5) is 5.69 Å². The average molecular weight is 417 g/mol. The van der Waals surface area contributed by atoms with Crippen LogP contribution in [0.1, 0.15) is 15.2 Å². The first-order valence-electron chi connectivity index (χ1n) is 8.93. The Morgan fingerprint density at radius 2 is 1.86 bits per heavy atom. The van der Waals surface area contributed by atoms with Crippen LogP contribution in [0.3, 0.4) is 0 Å². The number of aryl methyl sites for hydroxylation is 1. The van der Waals surface area contributed by atoms with Gasteiger partial charge in [-0.2, -0.15) is 4.31 Å². The van der Waals surface area contributed by atoms with Crippen LogP contribution in [0.2, 0.25) is 0 Å². The summed E-state index contributed by atoms with van der Waals surface area (Å²) in [6, 6.07) is 14.6. The van der Waals surface area contributed by atoms with E-state index in [2.05, 4.69) is 5.32 Å². The van der Waals surface area contributed by atoms with Crippen molar-refractivity contribution in [2.24, 2.45) is 0 Å². The first kappa shape index (κ1) is 19.1. The lowest BCUT2D eigenvalue weighted by Gasteiger charge is -2.26. The third-order valence-corrected chi connectivity index (χ3v) is 7.84. The van der Waals surface area contributed by atoms with E-state index in [-0.39, 0.29) is 10.8 Å². The molecule has 3 aromatic rings. The lowest BCUT2D eigenvalue weighted by Crippen LogP contribution is -2.40. The number of morpholine rings is 1. The third kappa shape index (κ3) is 3.68. The number of anilines is 1. The van der Waals surface area contributed by atoms with Crippen molar-refractivity contribution in [3.05, 3.63) is 59.0 Å². The molecule has 1 aliphatic rings. The zero-order chi connectivity index (χ0) is 19.7. The molecule has 0 bridgehead atoms. The minimum Gasteiger partial charge on any atom is -0.379 e. The number of hydrogen-bond acceptors (Lipinski definition) is 5. The number of amides is 1. The number of ether oxygens (including phenoxy) is 1. The molecule has 0 radical (unpaired) electrons. The van der Waals surface area contributed by atoms with E-state index in [4.69, 9.17) is 4.74 Å². The first-order valence-corrected chi connectivity index (χ1v) is 11.2. The van der Waals surface area contributed by atoms with Crippen molar-refractivity contribution in [2.75, 3.05) is 31.6 Å². The summed E-state index contributed by atoms with van der Waals surface area (Å²) >= 11 is 1.41. The minimum atomic E-state index is -3.63. The number of thiophene rings is 1. The van der Waals surface area contributed by atoms with Gasteiger partial charge in [-0.15, -0.1) is 11.3 Å².